The van der Waals surface area contributed by atoms with Crippen molar-refractivity contribution in [1.82, 2.24) is 0 Å². The van der Waals surface area contributed by atoms with Gasteiger partial charge in [-0.2, -0.15) is 0 Å². The van der Waals surface area contributed by atoms with Gasteiger partial charge in [0.2, 0.25) is 0 Å². The van der Waals surface area contributed by atoms with Gasteiger partial charge in [0.1, 0.15) is 16.6 Å². The Morgan fingerprint density at radius 2 is 1.83 bits per heavy atom. The van der Waals surface area contributed by atoms with Crippen LogP contribution in [0.25, 0.3) is 0 Å². The summed E-state index contributed by atoms with van der Waals surface area (Å²) in [5.74, 6) is -1.84. The first-order chi connectivity index (χ1) is 10.9. The summed E-state index contributed by atoms with van der Waals surface area (Å²) in [7, 11) is 0. The first-order valence-electron chi connectivity index (χ1n) is 6.59. The van der Waals surface area contributed by atoms with Crippen molar-refractivity contribution < 1.29 is 23.8 Å². The lowest BCUT2D eigenvalue weighted by molar-refractivity contribution is -0.144. The van der Waals surface area contributed by atoms with Gasteiger partial charge >= 0.3 is 5.97 Å². The molecule has 0 aromatic heterocycles. The van der Waals surface area contributed by atoms with Crippen LogP contribution in [0.1, 0.15) is 21.5 Å². The summed E-state index contributed by atoms with van der Waals surface area (Å²) >= 11 is 12.2. The average molecular weight is 355 g/mol. The molecular weight excluding hydrogens is 346 g/mol. The molecule has 1 aliphatic rings. The largest absolute Gasteiger partial charge is 0.478 e. The summed E-state index contributed by atoms with van der Waals surface area (Å²) in [4.78, 5) is 23.6. The van der Waals surface area contributed by atoms with Crippen LogP contribution < -0.4 is 4.74 Å². The predicted octanol–water partition coefficient (Wildman–Crippen LogP) is 3.75. The highest BCUT2D eigenvalue weighted by Crippen LogP contribution is 2.43. The second-order valence-corrected chi connectivity index (χ2v) is 5.78. The van der Waals surface area contributed by atoms with E-state index in [0.29, 0.717) is 5.56 Å². The third kappa shape index (κ3) is 2.78. The zero-order chi connectivity index (χ0) is 16.7. The molecule has 0 bridgehead atoms. The summed E-state index contributed by atoms with van der Waals surface area (Å²) < 4.78 is 18.2. The van der Waals surface area contributed by atoms with Crippen LogP contribution in [0.4, 0.5) is 4.39 Å². The highest BCUT2D eigenvalue weighted by atomic mass is 35.5. The lowest BCUT2D eigenvalue weighted by Crippen LogP contribution is -2.24. The Labute approximate surface area is 140 Å². The van der Waals surface area contributed by atoms with E-state index in [2.05, 4.69) is 0 Å². The maximum atomic E-state index is 13.0. The van der Waals surface area contributed by atoms with Gasteiger partial charge in [0, 0.05) is 23.1 Å². The van der Waals surface area contributed by atoms with Crippen LogP contribution in [-0.4, -0.2) is 23.0 Å². The minimum Gasteiger partial charge on any atom is -0.478 e. The first-order valence-corrected chi connectivity index (χ1v) is 7.34. The van der Waals surface area contributed by atoms with E-state index in [1.54, 1.807) is 0 Å². The lowest BCUT2D eigenvalue weighted by Gasteiger charge is -2.10. The molecule has 23 heavy (non-hydrogen) atoms. The topological polar surface area (TPSA) is 63.6 Å². The molecule has 118 valence electrons. The van der Waals surface area contributed by atoms with Crippen LogP contribution in [0.3, 0.4) is 0 Å². The molecule has 0 saturated carbocycles. The van der Waals surface area contributed by atoms with Crippen LogP contribution in [0.2, 0.25) is 10.0 Å². The average Bonchev–Trinajstić information content (AvgIpc) is 2.95. The molecule has 0 radical (unpaired) electrons. The summed E-state index contributed by atoms with van der Waals surface area (Å²) in [6.07, 6.45) is -0.972. The summed E-state index contributed by atoms with van der Waals surface area (Å²) in [6.45, 7) is 0. The highest BCUT2D eigenvalue weighted by molar-refractivity contribution is 6.45. The molecule has 3 rings (SSSR count). The highest BCUT2D eigenvalue weighted by Gasteiger charge is 2.33. The normalized spacial score (nSPS) is 15.9. The van der Waals surface area contributed by atoms with Crippen LogP contribution in [0.5, 0.6) is 5.75 Å². The van der Waals surface area contributed by atoms with E-state index in [-0.39, 0.29) is 33.3 Å². The molecule has 0 aliphatic carbocycles. The Hall–Kier alpha value is -2.11. The third-order valence-electron chi connectivity index (χ3n) is 3.53. The monoisotopic (exact) mass is 354 g/mol. The molecule has 0 spiro atoms. The molecule has 0 saturated heterocycles. The van der Waals surface area contributed by atoms with E-state index in [1.807, 2.05) is 0 Å². The number of ketones is 1. The lowest BCUT2D eigenvalue weighted by atomic mass is 9.99. The van der Waals surface area contributed by atoms with E-state index < -0.39 is 23.7 Å². The Bertz CT molecular complexity index is 818. The van der Waals surface area contributed by atoms with Gasteiger partial charge in [0.05, 0.1) is 5.02 Å². The van der Waals surface area contributed by atoms with Gasteiger partial charge in [-0.15, -0.1) is 0 Å². The number of fused-ring (bicyclic) bond motifs is 1. The maximum absolute atomic E-state index is 13.0. The number of halogens is 3. The van der Waals surface area contributed by atoms with Gasteiger partial charge in [-0.05, 0) is 30.3 Å². The van der Waals surface area contributed by atoms with E-state index in [1.165, 1.54) is 30.3 Å². The summed E-state index contributed by atoms with van der Waals surface area (Å²) in [5.41, 5.74) is 0.868. The molecule has 7 heteroatoms. The molecule has 2 aromatic rings. The Morgan fingerprint density at radius 3 is 2.43 bits per heavy atom. The van der Waals surface area contributed by atoms with Crippen molar-refractivity contribution in [2.24, 2.45) is 0 Å². The van der Waals surface area contributed by atoms with Gasteiger partial charge in [-0.1, -0.05) is 23.2 Å². The second kappa shape index (κ2) is 5.83. The van der Waals surface area contributed by atoms with E-state index in [4.69, 9.17) is 33.0 Å². The number of benzene rings is 2. The number of carboxylic acids is 1. The van der Waals surface area contributed by atoms with E-state index in [0.717, 1.165) is 0 Å². The second-order valence-electron chi connectivity index (χ2n) is 5.03. The molecule has 0 amide bonds. The molecule has 0 fully saturated rings. The summed E-state index contributed by atoms with van der Waals surface area (Å²) in [5, 5.41) is 9.00. The zero-order valence-electron chi connectivity index (χ0n) is 11.5. The Balaban J connectivity index is 2.04. The van der Waals surface area contributed by atoms with Crippen LogP contribution in [0, 0.1) is 5.82 Å². The minimum absolute atomic E-state index is 0.00150. The molecule has 1 aliphatic heterocycles. The number of rotatable bonds is 3. The minimum atomic E-state index is -1.13. The number of carbonyl (C=O) groups excluding carboxylic acids is 1. The van der Waals surface area contributed by atoms with Crippen LogP contribution in [0.15, 0.2) is 30.3 Å². The van der Waals surface area contributed by atoms with Gasteiger partial charge in [0.15, 0.2) is 11.9 Å². The third-order valence-corrected chi connectivity index (χ3v) is 4.38. The zero-order valence-corrected chi connectivity index (χ0v) is 13.0. The van der Waals surface area contributed by atoms with E-state index in [9.17, 15) is 14.0 Å². The SMILES string of the molecule is O=C(c1ccc(F)cc1)c1cc2c(c(Cl)c1Cl)OC(C(=O)O)C2. The van der Waals surface area contributed by atoms with Gasteiger partial charge in [0.25, 0.3) is 0 Å². The van der Waals surface area contributed by atoms with Crippen molar-refractivity contribution >= 4 is 35.0 Å². The fraction of sp³-hybridized carbons (Fsp3) is 0.125. The number of aliphatic carboxylic acids is 1. The molecular formula is C16H9Cl2FO4. The molecule has 1 unspecified atom stereocenters. The fourth-order valence-electron chi connectivity index (χ4n) is 2.38. The molecule has 2 aromatic carbocycles. The van der Waals surface area contributed by atoms with Gasteiger partial charge in [-0.3, -0.25) is 4.79 Å². The summed E-state index contributed by atoms with van der Waals surface area (Å²) in [6, 6.07) is 6.48. The number of hydrogen-bond acceptors (Lipinski definition) is 3. The van der Waals surface area contributed by atoms with Crippen molar-refractivity contribution in [3.05, 3.63) is 62.9 Å². The van der Waals surface area contributed by atoms with Gasteiger partial charge < -0.3 is 9.84 Å². The van der Waals surface area contributed by atoms with Crippen LogP contribution in [-0.2, 0) is 11.2 Å². The number of ether oxygens (including phenoxy) is 1. The number of carboxylic acid groups (broad SMARTS) is 1. The number of hydrogen-bond donors (Lipinski definition) is 1. The molecule has 4 nitrogen and oxygen atoms in total. The van der Waals surface area contributed by atoms with Crippen molar-refractivity contribution in [2.75, 3.05) is 0 Å². The quantitative estimate of drug-likeness (QED) is 0.852. The molecule has 1 heterocycles. The number of carbonyl (C=O) groups is 2. The smallest absolute Gasteiger partial charge is 0.345 e. The Kier molecular flexibility index (Phi) is 4.00. The fourth-order valence-corrected chi connectivity index (χ4v) is 2.88. The first kappa shape index (κ1) is 15.8. The molecule has 1 N–H and O–H groups in total. The van der Waals surface area contributed by atoms with E-state index >= 15 is 0 Å². The van der Waals surface area contributed by atoms with Gasteiger partial charge in [-0.25, -0.2) is 9.18 Å². The van der Waals surface area contributed by atoms with Crippen molar-refractivity contribution in [2.45, 2.75) is 12.5 Å². The standard InChI is InChI=1S/C16H9Cl2FO4/c17-12-10(14(20)7-1-3-9(19)4-2-7)5-8-6-11(16(21)22)23-15(8)13(12)18/h1-5,11H,6H2,(H,21,22). The Morgan fingerprint density at radius 1 is 1.17 bits per heavy atom. The van der Waals surface area contributed by atoms with Crippen molar-refractivity contribution in [3.63, 3.8) is 0 Å². The van der Waals surface area contributed by atoms with Crippen molar-refractivity contribution in [1.29, 1.82) is 0 Å². The maximum Gasteiger partial charge on any atom is 0.345 e. The molecule has 1 atom stereocenters. The van der Waals surface area contributed by atoms with Crippen LogP contribution >= 0.6 is 23.2 Å². The van der Waals surface area contributed by atoms with Crippen molar-refractivity contribution in [3.8, 4) is 5.75 Å². The predicted molar refractivity (Wildman–Crippen MR) is 82.1 cm³/mol.